The SMILES string of the molecule is O=C(CCC1CCCNC1)NCCC1CCOC1. The molecular formula is C14H26N2O2. The van der Waals surface area contributed by atoms with Gasteiger partial charge in [0.15, 0.2) is 0 Å². The van der Waals surface area contributed by atoms with Crippen LogP contribution in [0.15, 0.2) is 0 Å². The van der Waals surface area contributed by atoms with Crippen LogP contribution in [0, 0.1) is 11.8 Å². The topological polar surface area (TPSA) is 50.4 Å². The number of hydrogen-bond donors (Lipinski definition) is 2. The fourth-order valence-corrected chi connectivity index (χ4v) is 2.82. The van der Waals surface area contributed by atoms with Crippen molar-refractivity contribution in [3.8, 4) is 0 Å². The summed E-state index contributed by atoms with van der Waals surface area (Å²) in [5, 5.41) is 6.43. The Bertz CT molecular complexity index is 246. The van der Waals surface area contributed by atoms with Gasteiger partial charge in [0, 0.05) is 26.2 Å². The second-order valence-corrected chi connectivity index (χ2v) is 5.62. The first-order valence-corrected chi connectivity index (χ1v) is 7.40. The van der Waals surface area contributed by atoms with Gasteiger partial charge in [0.1, 0.15) is 0 Å². The van der Waals surface area contributed by atoms with Crippen molar-refractivity contribution in [1.29, 1.82) is 0 Å². The molecule has 2 N–H and O–H groups in total. The zero-order valence-corrected chi connectivity index (χ0v) is 11.2. The molecule has 0 radical (unpaired) electrons. The summed E-state index contributed by atoms with van der Waals surface area (Å²) in [7, 11) is 0. The van der Waals surface area contributed by atoms with E-state index in [1.54, 1.807) is 0 Å². The van der Waals surface area contributed by atoms with E-state index in [0.717, 1.165) is 52.1 Å². The monoisotopic (exact) mass is 254 g/mol. The van der Waals surface area contributed by atoms with Crippen LogP contribution in [0.2, 0.25) is 0 Å². The molecule has 0 aliphatic carbocycles. The first-order valence-electron chi connectivity index (χ1n) is 7.40. The second kappa shape index (κ2) is 7.74. The highest BCUT2D eigenvalue weighted by Gasteiger charge is 2.16. The minimum absolute atomic E-state index is 0.222. The molecule has 2 heterocycles. The molecule has 0 aromatic rings. The van der Waals surface area contributed by atoms with Gasteiger partial charge in [-0.2, -0.15) is 0 Å². The summed E-state index contributed by atoms with van der Waals surface area (Å²) >= 11 is 0. The Morgan fingerprint density at radius 3 is 2.94 bits per heavy atom. The predicted octanol–water partition coefficient (Wildman–Crippen LogP) is 1.31. The molecule has 2 aliphatic heterocycles. The Kier molecular flexibility index (Phi) is 5.94. The highest BCUT2D eigenvalue weighted by Crippen LogP contribution is 2.16. The minimum atomic E-state index is 0.222. The van der Waals surface area contributed by atoms with Gasteiger partial charge in [0.25, 0.3) is 0 Å². The van der Waals surface area contributed by atoms with Crippen molar-refractivity contribution in [2.24, 2.45) is 11.8 Å². The highest BCUT2D eigenvalue weighted by molar-refractivity contribution is 5.75. The number of nitrogens with one attached hydrogen (secondary N) is 2. The number of carbonyl (C=O) groups is 1. The summed E-state index contributed by atoms with van der Waals surface area (Å²) in [5.41, 5.74) is 0. The summed E-state index contributed by atoms with van der Waals surface area (Å²) in [6.07, 6.45) is 6.48. The van der Waals surface area contributed by atoms with E-state index in [1.807, 2.05) is 0 Å². The standard InChI is InChI=1S/C14H26N2O2/c17-14(4-3-12-2-1-7-15-10-12)16-8-5-13-6-9-18-11-13/h12-13,15H,1-11H2,(H,16,17). The predicted molar refractivity (Wildman–Crippen MR) is 71.4 cm³/mol. The van der Waals surface area contributed by atoms with E-state index >= 15 is 0 Å². The Morgan fingerprint density at radius 2 is 2.22 bits per heavy atom. The molecule has 0 bridgehead atoms. The molecule has 4 nitrogen and oxygen atoms in total. The van der Waals surface area contributed by atoms with Crippen molar-refractivity contribution < 1.29 is 9.53 Å². The molecule has 2 aliphatic rings. The fraction of sp³-hybridized carbons (Fsp3) is 0.929. The molecule has 0 aromatic heterocycles. The number of hydrogen-bond acceptors (Lipinski definition) is 3. The van der Waals surface area contributed by atoms with Crippen LogP contribution in [0.25, 0.3) is 0 Å². The smallest absolute Gasteiger partial charge is 0.220 e. The normalized spacial score (nSPS) is 28.2. The Labute approximate surface area is 110 Å². The van der Waals surface area contributed by atoms with Crippen LogP contribution in [0.3, 0.4) is 0 Å². The molecule has 104 valence electrons. The maximum absolute atomic E-state index is 11.7. The summed E-state index contributed by atoms with van der Waals surface area (Å²) < 4.78 is 5.32. The Balaban J connectivity index is 1.49. The van der Waals surface area contributed by atoms with Crippen LogP contribution in [0.1, 0.15) is 38.5 Å². The first-order chi connectivity index (χ1) is 8.84. The van der Waals surface area contributed by atoms with Gasteiger partial charge in [0.05, 0.1) is 0 Å². The number of piperidine rings is 1. The molecule has 2 rings (SSSR count). The van der Waals surface area contributed by atoms with Crippen molar-refractivity contribution in [2.45, 2.75) is 38.5 Å². The average Bonchev–Trinajstić information content (AvgIpc) is 2.91. The van der Waals surface area contributed by atoms with Gasteiger partial charge in [0.2, 0.25) is 5.91 Å². The molecule has 2 saturated heterocycles. The Morgan fingerprint density at radius 1 is 1.28 bits per heavy atom. The lowest BCUT2D eigenvalue weighted by molar-refractivity contribution is -0.121. The lowest BCUT2D eigenvalue weighted by Crippen LogP contribution is -2.31. The van der Waals surface area contributed by atoms with E-state index in [2.05, 4.69) is 10.6 Å². The maximum atomic E-state index is 11.7. The molecular weight excluding hydrogens is 228 g/mol. The highest BCUT2D eigenvalue weighted by atomic mass is 16.5. The molecule has 0 saturated carbocycles. The third-order valence-electron chi connectivity index (χ3n) is 4.08. The van der Waals surface area contributed by atoms with E-state index in [0.29, 0.717) is 18.3 Å². The van der Waals surface area contributed by atoms with E-state index in [4.69, 9.17) is 4.74 Å². The largest absolute Gasteiger partial charge is 0.381 e. The first kappa shape index (κ1) is 13.8. The average molecular weight is 254 g/mol. The van der Waals surface area contributed by atoms with E-state index < -0.39 is 0 Å². The third kappa shape index (κ3) is 4.94. The van der Waals surface area contributed by atoms with E-state index in [1.165, 1.54) is 12.8 Å². The van der Waals surface area contributed by atoms with Gasteiger partial charge in [-0.05, 0) is 57.0 Å². The van der Waals surface area contributed by atoms with Crippen LogP contribution in [-0.2, 0) is 9.53 Å². The summed E-state index contributed by atoms with van der Waals surface area (Å²) in [5.74, 6) is 1.58. The third-order valence-corrected chi connectivity index (χ3v) is 4.08. The van der Waals surface area contributed by atoms with Crippen LogP contribution < -0.4 is 10.6 Å². The van der Waals surface area contributed by atoms with E-state index in [-0.39, 0.29) is 5.91 Å². The van der Waals surface area contributed by atoms with Crippen molar-refractivity contribution in [3.63, 3.8) is 0 Å². The van der Waals surface area contributed by atoms with Crippen molar-refractivity contribution >= 4 is 5.91 Å². The number of amides is 1. The lowest BCUT2D eigenvalue weighted by atomic mass is 9.94. The minimum Gasteiger partial charge on any atom is -0.381 e. The van der Waals surface area contributed by atoms with Crippen LogP contribution in [0.5, 0.6) is 0 Å². The summed E-state index contributed by atoms with van der Waals surface area (Å²) in [6.45, 7) is 4.82. The van der Waals surface area contributed by atoms with Crippen LogP contribution >= 0.6 is 0 Å². The van der Waals surface area contributed by atoms with Crippen LogP contribution in [-0.4, -0.2) is 38.8 Å². The van der Waals surface area contributed by atoms with Crippen LogP contribution in [0.4, 0.5) is 0 Å². The summed E-state index contributed by atoms with van der Waals surface area (Å²) in [4.78, 5) is 11.7. The van der Waals surface area contributed by atoms with Crippen molar-refractivity contribution in [3.05, 3.63) is 0 Å². The number of carbonyl (C=O) groups excluding carboxylic acids is 1. The molecule has 2 fully saturated rings. The van der Waals surface area contributed by atoms with Gasteiger partial charge in [-0.15, -0.1) is 0 Å². The molecule has 2 unspecified atom stereocenters. The molecule has 4 heteroatoms. The molecule has 1 amide bonds. The van der Waals surface area contributed by atoms with Gasteiger partial charge >= 0.3 is 0 Å². The number of ether oxygens (including phenoxy) is 1. The maximum Gasteiger partial charge on any atom is 0.220 e. The van der Waals surface area contributed by atoms with Gasteiger partial charge in [-0.3, -0.25) is 4.79 Å². The van der Waals surface area contributed by atoms with Gasteiger partial charge < -0.3 is 15.4 Å². The molecule has 2 atom stereocenters. The van der Waals surface area contributed by atoms with Gasteiger partial charge in [-0.1, -0.05) is 0 Å². The summed E-state index contributed by atoms with van der Waals surface area (Å²) in [6, 6.07) is 0. The zero-order valence-electron chi connectivity index (χ0n) is 11.2. The number of rotatable bonds is 6. The molecule has 0 aromatic carbocycles. The van der Waals surface area contributed by atoms with Crippen molar-refractivity contribution in [1.82, 2.24) is 10.6 Å². The second-order valence-electron chi connectivity index (χ2n) is 5.62. The molecule has 18 heavy (non-hydrogen) atoms. The quantitative estimate of drug-likeness (QED) is 0.751. The lowest BCUT2D eigenvalue weighted by Gasteiger charge is -2.22. The van der Waals surface area contributed by atoms with Crippen molar-refractivity contribution in [2.75, 3.05) is 32.8 Å². The Hall–Kier alpha value is -0.610. The zero-order chi connectivity index (χ0) is 12.6. The fourth-order valence-electron chi connectivity index (χ4n) is 2.82. The molecule has 0 spiro atoms. The van der Waals surface area contributed by atoms with E-state index in [9.17, 15) is 4.79 Å². The van der Waals surface area contributed by atoms with Gasteiger partial charge in [-0.25, -0.2) is 0 Å².